The molecule has 1 N–H and O–H groups in total. The van der Waals surface area contributed by atoms with Crippen molar-refractivity contribution in [2.24, 2.45) is 0 Å². The lowest BCUT2D eigenvalue weighted by Crippen LogP contribution is -2.26. The van der Waals surface area contributed by atoms with E-state index in [9.17, 15) is 9.59 Å². The highest BCUT2D eigenvalue weighted by atomic mass is 35.6. The molecular formula is C9H5Cl3NO2. The first kappa shape index (κ1) is 12.3. The minimum absolute atomic E-state index is 0.377. The van der Waals surface area contributed by atoms with Crippen LogP contribution in [0.4, 0.5) is 5.69 Å². The molecule has 1 aromatic carbocycles. The van der Waals surface area contributed by atoms with Crippen LogP contribution in [-0.4, -0.2) is 16.0 Å². The van der Waals surface area contributed by atoms with Gasteiger partial charge in [0.25, 0.3) is 9.70 Å². The highest BCUT2D eigenvalue weighted by Crippen LogP contribution is 2.27. The monoisotopic (exact) mass is 264 g/mol. The summed E-state index contributed by atoms with van der Waals surface area (Å²) in [5.41, 5.74) is 0.812. The van der Waals surface area contributed by atoms with E-state index in [4.69, 9.17) is 34.8 Å². The van der Waals surface area contributed by atoms with Crippen LogP contribution in [0.2, 0.25) is 0 Å². The highest BCUT2D eigenvalue weighted by Gasteiger charge is 2.30. The van der Waals surface area contributed by atoms with Gasteiger partial charge in [-0.3, -0.25) is 9.59 Å². The molecule has 15 heavy (non-hydrogen) atoms. The average Bonchev–Trinajstić information content (AvgIpc) is 2.17. The topological polar surface area (TPSA) is 46.2 Å². The number of amides is 1. The van der Waals surface area contributed by atoms with Crippen molar-refractivity contribution < 1.29 is 9.59 Å². The number of nitrogens with one attached hydrogen (secondary N) is 1. The second-order valence-corrected chi connectivity index (χ2v) is 4.91. The Labute approximate surface area is 101 Å². The number of halogens is 3. The molecule has 79 valence electrons. The van der Waals surface area contributed by atoms with E-state index in [-0.39, 0.29) is 0 Å². The van der Waals surface area contributed by atoms with Crippen molar-refractivity contribution in [1.82, 2.24) is 0 Å². The Morgan fingerprint density at radius 1 is 1.20 bits per heavy atom. The van der Waals surface area contributed by atoms with Crippen LogP contribution in [0.25, 0.3) is 0 Å². The van der Waals surface area contributed by atoms with Gasteiger partial charge in [-0.05, 0) is 24.3 Å². The van der Waals surface area contributed by atoms with Gasteiger partial charge in [0, 0.05) is 11.3 Å². The molecule has 1 rings (SSSR count). The summed E-state index contributed by atoms with van der Waals surface area (Å²) >= 11 is 16.0. The fraction of sp³-hybridized carbons (Fsp3) is 0.111. The second-order valence-electron chi connectivity index (χ2n) is 2.63. The van der Waals surface area contributed by atoms with Crippen LogP contribution >= 0.6 is 34.8 Å². The van der Waals surface area contributed by atoms with Gasteiger partial charge in [-0.25, -0.2) is 0 Å². The Morgan fingerprint density at radius 3 is 2.13 bits per heavy atom. The predicted octanol–water partition coefficient (Wildman–Crippen LogP) is 2.45. The number of anilines is 1. The molecule has 0 bridgehead atoms. The van der Waals surface area contributed by atoms with E-state index in [0.717, 1.165) is 0 Å². The molecule has 0 unspecified atom stereocenters. The van der Waals surface area contributed by atoms with Crippen LogP contribution in [0.3, 0.4) is 0 Å². The van der Waals surface area contributed by atoms with Crippen LogP contribution in [0.1, 0.15) is 5.56 Å². The second kappa shape index (κ2) is 4.84. The predicted molar refractivity (Wildman–Crippen MR) is 60.2 cm³/mol. The Morgan fingerprint density at radius 2 is 1.73 bits per heavy atom. The molecule has 1 amide bonds. The summed E-state index contributed by atoms with van der Waals surface area (Å²) in [7, 11) is 0. The molecule has 0 spiro atoms. The van der Waals surface area contributed by atoms with Crippen molar-refractivity contribution in [2.75, 3.05) is 5.32 Å². The minimum Gasteiger partial charge on any atom is -0.322 e. The average molecular weight is 266 g/mol. The molecule has 0 fully saturated rings. The molecule has 3 nitrogen and oxygen atoms in total. The molecular weight excluding hydrogens is 260 g/mol. The Balaban J connectivity index is 2.74. The van der Waals surface area contributed by atoms with Crippen LogP contribution < -0.4 is 5.32 Å². The van der Waals surface area contributed by atoms with Gasteiger partial charge in [0.05, 0.1) is 0 Å². The molecule has 0 aliphatic heterocycles. The number of carbonyl (C=O) groups excluding carboxylic acids is 2. The maximum absolute atomic E-state index is 11.2. The van der Waals surface area contributed by atoms with E-state index in [1.54, 1.807) is 6.29 Å². The molecule has 0 aromatic heterocycles. The number of hydrogen-bond acceptors (Lipinski definition) is 2. The van der Waals surface area contributed by atoms with Gasteiger partial charge in [0.15, 0.2) is 0 Å². The first-order valence-electron chi connectivity index (χ1n) is 3.80. The number of rotatable bonds is 2. The summed E-state index contributed by atoms with van der Waals surface area (Å²) in [6, 6.07) is 5.99. The normalized spacial score (nSPS) is 10.9. The molecule has 1 radical (unpaired) electrons. The van der Waals surface area contributed by atoms with Gasteiger partial charge in [-0.1, -0.05) is 34.8 Å². The highest BCUT2D eigenvalue weighted by molar-refractivity contribution is 6.76. The first-order chi connectivity index (χ1) is 6.93. The minimum atomic E-state index is -2.00. The Bertz CT molecular complexity index is 370. The number of carbonyl (C=O) groups is 1. The van der Waals surface area contributed by atoms with Crippen molar-refractivity contribution in [3.05, 3.63) is 29.8 Å². The zero-order valence-corrected chi connectivity index (χ0v) is 9.53. The van der Waals surface area contributed by atoms with E-state index >= 15 is 0 Å². The van der Waals surface area contributed by atoms with E-state index in [0.29, 0.717) is 11.3 Å². The lowest BCUT2D eigenvalue weighted by molar-refractivity contribution is -0.115. The van der Waals surface area contributed by atoms with Gasteiger partial charge in [-0.15, -0.1) is 0 Å². The third-order valence-corrected chi connectivity index (χ3v) is 2.03. The quantitative estimate of drug-likeness (QED) is 0.835. The molecule has 6 heteroatoms. The van der Waals surface area contributed by atoms with Gasteiger partial charge < -0.3 is 5.32 Å². The fourth-order valence-corrected chi connectivity index (χ4v) is 0.965. The van der Waals surface area contributed by atoms with E-state index in [1.165, 1.54) is 24.3 Å². The van der Waals surface area contributed by atoms with Crippen LogP contribution in [0.15, 0.2) is 24.3 Å². The van der Waals surface area contributed by atoms with Crippen molar-refractivity contribution in [3.63, 3.8) is 0 Å². The van der Waals surface area contributed by atoms with E-state index < -0.39 is 9.70 Å². The summed E-state index contributed by atoms with van der Waals surface area (Å²) in [6.45, 7) is 0. The third-order valence-electron chi connectivity index (χ3n) is 1.52. The lowest BCUT2D eigenvalue weighted by atomic mass is 10.2. The van der Waals surface area contributed by atoms with Gasteiger partial charge in [0.2, 0.25) is 6.29 Å². The van der Waals surface area contributed by atoms with Gasteiger partial charge in [0.1, 0.15) is 0 Å². The van der Waals surface area contributed by atoms with Crippen molar-refractivity contribution in [1.29, 1.82) is 0 Å². The molecule has 0 saturated carbocycles. The summed E-state index contributed by atoms with van der Waals surface area (Å²) in [5.74, 6) is -0.754. The molecule has 0 atom stereocenters. The van der Waals surface area contributed by atoms with E-state index in [2.05, 4.69) is 5.32 Å². The third kappa shape index (κ3) is 3.70. The molecule has 0 heterocycles. The SMILES string of the molecule is O=[C]c1ccc(NC(=O)C(Cl)(Cl)Cl)cc1. The van der Waals surface area contributed by atoms with Gasteiger partial charge >= 0.3 is 0 Å². The smallest absolute Gasteiger partial charge is 0.276 e. The molecule has 0 saturated heterocycles. The zero-order chi connectivity index (χ0) is 11.5. The van der Waals surface area contributed by atoms with Crippen LogP contribution in [0.5, 0.6) is 0 Å². The number of hydrogen-bond donors (Lipinski definition) is 1. The van der Waals surface area contributed by atoms with Crippen molar-refractivity contribution in [2.45, 2.75) is 3.79 Å². The Hall–Kier alpha value is -0.770. The van der Waals surface area contributed by atoms with Gasteiger partial charge in [-0.2, -0.15) is 0 Å². The first-order valence-corrected chi connectivity index (χ1v) is 4.93. The summed E-state index contributed by atoms with van der Waals surface area (Å²) in [5, 5.41) is 2.37. The van der Waals surface area contributed by atoms with Crippen molar-refractivity contribution in [3.8, 4) is 0 Å². The summed E-state index contributed by atoms with van der Waals surface area (Å²) < 4.78 is -2.00. The summed E-state index contributed by atoms with van der Waals surface area (Å²) in [6.07, 6.45) is 1.70. The molecule has 0 aliphatic rings. The van der Waals surface area contributed by atoms with Crippen LogP contribution in [-0.2, 0) is 9.59 Å². The zero-order valence-electron chi connectivity index (χ0n) is 7.26. The number of alkyl halides is 3. The number of benzene rings is 1. The van der Waals surface area contributed by atoms with E-state index in [1.807, 2.05) is 0 Å². The lowest BCUT2D eigenvalue weighted by Gasteiger charge is -2.10. The largest absolute Gasteiger partial charge is 0.322 e. The van der Waals surface area contributed by atoms with Crippen molar-refractivity contribution >= 4 is 52.7 Å². The fourth-order valence-electron chi connectivity index (χ4n) is 0.824. The summed E-state index contributed by atoms with van der Waals surface area (Å²) in [4.78, 5) is 21.4. The maximum atomic E-state index is 11.2. The van der Waals surface area contributed by atoms with Crippen LogP contribution in [0, 0.1) is 0 Å². The maximum Gasteiger partial charge on any atom is 0.276 e. The standard InChI is InChI=1S/C9H5Cl3NO2/c10-9(11,12)8(15)13-7-3-1-6(5-14)2-4-7/h1-4H,(H,13,15). The molecule has 1 aromatic rings. The molecule has 0 aliphatic carbocycles. The Kier molecular flexibility index (Phi) is 3.97.